The van der Waals surface area contributed by atoms with Crippen molar-refractivity contribution in [2.24, 2.45) is 0 Å². The Morgan fingerprint density at radius 3 is 2.29 bits per heavy atom. The normalized spacial score (nSPS) is 14.2. The fourth-order valence-electron chi connectivity index (χ4n) is 3.48. The van der Waals surface area contributed by atoms with E-state index in [-0.39, 0.29) is 0 Å². The van der Waals surface area contributed by atoms with Crippen LogP contribution in [0.5, 0.6) is 0 Å². The summed E-state index contributed by atoms with van der Waals surface area (Å²) in [7, 11) is 0. The Morgan fingerprint density at radius 2 is 1.57 bits per heavy atom. The molecule has 0 atom stereocenters. The van der Waals surface area contributed by atoms with Crippen LogP contribution in [0.25, 0.3) is 0 Å². The summed E-state index contributed by atoms with van der Waals surface area (Å²) in [5.74, 6) is 2.52. The second-order valence-corrected chi connectivity index (χ2v) is 7.54. The van der Waals surface area contributed by atoms with Gasteiger partial charge in [0, 0.05) is 48.6 Å². The van der Waals surface area contributed by atoms with E-state index in [1.54, 1.807) is 0 Å². The van der Waals surface area contributed by atoms with Crippen molar-refractivity contribution in [2.45, 2.75) is 13.8 Å². The maximum Gasteiger partial charge on any atom is 0.136 e. The van der Waals surface area contributed by atoms with Crippen LogP contribution in [0.15, 0.2) is 54.6 Å². The zero-order valence-electron chi connectivity index (χ0n) is 16.2. The van der Waals surface area contributed by atoms with Gasteiger partial charge in [0.25, 0.3) is 0 Å². The van der Waals surface area contributed by atoms with Gasteiger partial charge in [0.2, 0.25) is 0 Å². The summed E-state index contributed by atoms with van der Waals surface area (Å²) in [4.78, 5) is 13.9. The molecule has 1 aliphatic rings. The molecule has 1 N–H and O–H groups in total. The lowest BCUT2D eigenvalue weighted by Gasteiger charge is -2.37. The largest absolute Gasteiger partial charge is 0.368 e. The van der Waals surface area contributed by atoms with E-state index >= 15 is 0 Å². The van der Waals surface area contributed by atoms with Crippen LogP contribution in [-0.4, -0.2) is 36.1 Å². The Kier molecular flexibility index (Phi) is 5.35. The molecule has 3 aromatic rings. The van der Waals surface area contributed by atoms with E-state index < -0.39 is 0 Å². The maximum atomic E-state index is 5.97. The minimum Gasteiger partial charge on any atom is -0.368 e. The van der Waals surface area contributed by atoms with E-state index in [0.29, 0.717) is 0 Å². The summed E-state index contributed by atoms with van der Waals surface area (Å²) >= 11 is 5.97. The first-order valence-corrected chi connectivity index (χ1v) is 9.89. The molecule has 28 heavy (non-hydrogen) atoms. The highest BCUT2D eigenvalue weighted by Crippen LogP contribution is 2.24. The van der Waals surface area contributed by atoms with Crippen molar-refractivity contribution in [3.8, 4) is 0 Å². The molecule has 1 aliphatic heterocycles. The second-order valence-electron chi connectivity index (χ2n) is 7.10. The van der Waals surface area contributed by atoms with Crippen LogP contribution < -0.4 is 15.1 Å². The van der Waals surface area contributed by atoms with Gasteiger partial charge in [0.05, 0.1) is 0 Å². The molecule has 4 rings (SSSR count). The van der Waals surface area contributed by atoms with Crippen LogP contribution >= 0.6 is 11.6 Å². The Labute approximate surface area is 171 Å². The molecule has 2 heterocycles. The molecule has 6 heteroatoms. The van der Waals surface area contributed by atoms with E-state index in [4.69, 9.17) is 11.6 Å². The fraction of sp³-hybridized carbons (Fsp3) is 0.273. The molecule has 144 valence electrons. The molecule has 0 radical (unpaired) electrons. The summed E-state index contributed by atoms with van der Waals surface area (Å²) < 4.78 is 0. The Balaban J connectivity index is 1.46. The average Bonchev–Trinajstić information content (AvgIpc) is 2.69. The zero-order valence-corrected chi connectivity index (χ0v) is 16.9. The van der Waals surface area contributed by atoms with Gasteiger partial charge in [-0.05, 0) is 55.8 Å². The molecular formula is C22H24ClN5. The molecule has 0 spiro atoms. The number of anilines is 4. The molecule has 5 nitrogen and oxygen atoms in total. The fourth-order valence-corrected chi connectivity index (χ4v) is 3.60. The monoisotopic (exact) mass is 393 g/mol. The Hall–Kier alpha value is -2.79. The molecule has 2 aromatic carbocycles. The highest BCUT2D eigenvalue weighted by atomic mass is 35.5. The summed E-state index contributed by atoms with van der Waals surface area (Å²) in [5.41, 5.74) is 3.55. The minimum absolute atomic E-state index is 0.719. The van der Waals surface area contributed by atoms with Crippen molar-refractivity contribution in [2.75, 3.05) is 41.3 Å². The smallest absolute Gasteiger partial charge is 0.136 e. The van der Waals surface area contributed by atoms with Gasteiger partial charge in [0.1, 0.15) is 17.5 Å². The molecule has 0 bridgehead atoms. The molecule has 0 aliphatic carbocycles. The Morgan fingerprint density at radius 1 is 0.857 bits per heavy atom. The standard InChI is InChI=1S/C22H24ClN5/c1-16-4-3-5-20(14-16)27-10-12-28(13-11-27)22-15-21(24-17(2)25-22)26-19-8-6-18(23)7-9-19/h3-9,14-15H,10-13H2,1-2H3,(H,24,25,26). The summed E-state index contributed by atoms with van der Waals surface area (Å²) in [5, 5.41) is 4.06. The van der Waals surface area contributed by atoms with Crippen LogP contribution in [0.2, 0.25) is 5.02 Å². The molecular weight excluding hydrogens is 370 g/mol. The molecule has 0 unspecified atom stereocenters. The number of piperazine rings is 1. The van der Waals surface area contributed by atoms with Gasteiger partial charge in [-0.15, -0.1) is 0 Å². The van der Waals surface area contributed by atoms with Gasteiger partial charge in [0.15, 0.2) is 0 Å². The third kappa shape index (κ3) is 4.37. The third-order valence-electron chi connectivity index (χ3n) is 4.91. The molecule has 1 aromatic heterocycles. The molecule has 0 amide bonds. The molecule has 1 saturated heterocycles. The first-order chi connectivity index (χ1) is 13.6. The average molecular weight is 394 g/mol. The first-order valence-electron chi connectivity index (χ1n) is 9.52. The van der Waals surface area contributed by atoms with Gasteiger partial charge in [-0.25, -0.2) is 9.97 Å². The van der Waals surface area contributed by atoms with Crippen LogP contribution in [0.3, 0.4) is 0 Å². The van der Waals surface area contributed by atoms with Crippen molar-refractivity contribution >= 4 is 34.6 Å². The van der Waals surface area contributed by atoms with Crippen molar-refractivity contribution in [1.82, 2.24) is 9.97 Å². The number of nitrogens with zero attached hydrogens (tertiary/aromatic N) is 4. The molecule has 0 saturated carbocycles. The maximum absolute atomic E-state index is 5.97. The number of benzene rings is 2. The lowest BCUT2D eigenvalue weighted by atomic mass is 10.2. The van der Waals surface area contributed by atoms with Gasteiger partial charge in [-0.2, -0.15) is 0 Å². The number of rotatable bonds is 4. The third-order valence-corrected chi connectivity index (χ3v) is 5.16. The number of aromatic nitrogens is 2. The van der Waals surface area contributed by atoms with E-state index in [2.05, 4.69) is 56.3 Å². The van der Waals surface area contributed by atoms with E-state index in [9.17, 15) is 0 Å². The number of nitrogens with one attached hydrogen (secondary N) is 1. The summed E-state index contributed by atoms with van der Waals surface area (Å²) in [6.07, 6.45) is 0. The zero-order chi connectivity index (χ0) is 19.5. The number of halogens is 1. The first kappa shape index (κ1) is 18.6. The summed E-state index contributed by atoms with van der Waals surface area (Å²) in [6, 6.07) is 18.3. The SMILES string of the molecule is Cc1cccc(N2CCN(c3cc(Nc4ccc(Cl)cc4)nc(C)n3)CC2)c1. The van der Waals surface area contributed by atoms with Crippen LogP contribution in [0.4, 0.5) is 23.0 Å². The molecule has 1 fully saturated rings. The van der Waals surface area contributed by atoms with Gasteiger partial charge in [-0.1, -0.05) is 23.7 Å². The number of aryl methyl sites for hydroxylation is 2. The van der Waals surface area contributed by atoms with Crippen molar-refractivity contribution < 1.29 is 0 Å². The summed E-state index contributed by atoms with van der Waals surface area (Å²) in [6.45, 7) is 7.90. The lowest BCUT2D eigenvalue weighted by molar-refractivity contribution is 0.646. The van der Waals surface area contributed by atoms with Gasteiger partial charge in [-0.3, -0.25) is 0 Å². The highest BCUT2D eigenvalue weighted by molar-refractivity contribution is 6.30. The predicted molar refractivity (Wildman–Crippen MR) is 117 cm³/mol. The highest BCUT2D eigenvalue weighted by Gasteiger charge is 2.19. The minimum atomic E-state index is 0.719. The second kappa shape index (κ2) is 8.07. The number of hydrogen-bond donors (Lipinski definition) is 1. The van der Waals surface area contributed by atoms with Crippen LogP contribution in [0.1, 0.15) is 11.4 Å². The predicted octanol–water partition coefficient (Wildman–Crippen LogP) is 4.82. The van der Waals surface area contributed by atoms with Gasteiger partial charge >= 0.3 is 0 Å². The lowest BCUT2D eigenvalue weighted by Crippen LogP contribution is -2.47. The topological polar surface area (TPSA) is 44.3 Å². The van der Waals surface area contributed by atoms with Crippen LogP contribution in [-0.2, 0) is 0 Å². The van der Waals surface area contributed by atoms with Gasteiger partial charge < -0.3 is 15.1 Å². The number of hydrogen-bond acceptors (Lipinski definition) is 5. The van der Waals surface area contributed by atoms with Crippen molar-refractivity contribution in [3.05, 3.63) is 71.0 Å². The quantitative estimate of drug-likeness (QED) is 0.688. The van der Waals surface area contributed by atoms with Crippen molar-refractivity contribution in [1.29, 1.82) is 0 Å². The van der Waals surface area contributed by atoms with Crippen molar-refractivity contribution in [3.63, 3.8) is 0 Å². The van der Waals surface area contributed by atoms with Crippen LogP contribution in [0, 0.1) is 13.8 Å². The van der Waals surface area contributed by atoms with E-state index in [1.165, 1.54) is 11.3 Å². The van der Waals surface area contributed by atoms with E-state index in [1.807, 2.05) is 37.3 Å². The van der Waals surface area contributed by atoms with E-state index in [0.717, 1.165) is 54.3 Å². The Bertz CT molecular complexity index is 949.